The molecule has 3 nitrogen and oxygen atoms in total. The fourth-order valence-corrected chi connectivity index (χ4v) is 10.2. The van der Waals surface area contributed by atoms with Gasteiger partial charge in [0.2, 0.25) is 0 Å². The lowest BCUT2D eigenvalue weighted by molar-refractivity contribution is 1.18. The SMILES string of the molecule is c1ccc(-c2cc(-c3ccccc3)cc(-c3nc(-c4ccc(-n5c6ccccc6c6c7c8ccccc8sc7c7ccccc7c65)cc4)nc4ccccc34)c2)cc1. The second kappa shape index (κ2) is 13.1. The lowest BCUT2D eigenvalue weighted by atomic mass is 9.94. The summed E-state index contributed by atoms with van der Waals surface area (Å²) in [6.45, 7) is 0. The minimum absolute atomic E-state index is 0.700. The van der Waals surface area contributed by atoms with E-state index < -0.39 is 0 Å². The second-order valence-electron chi connectivity index (χ2n) is 14.9. The zero-order valence-electron chi connectivity index (χ0n) is 31.3. The maximum absolute atomic E-state index is 5.38. The fraction of sp³-hybridized carbons (Fsp3) is 0. The van der Waals surface area contributed by atoms with Crippen LogP contribution in [0.1, 0.15) is 0 Å². The van der Waals surface area contributed by atoms with E-state index >= 15 is 0 Å². The van der Waals surface area contributed by atoms with Crippen LogP contribution in [0.25, 0.3) is 114 Å². The minimum atomic E-state index is 0.700. The van der Waals surface area contributed by atoms with Crippen molar-refractivity contribution in [1.82, 2.24) is 14.5 Å². The lowest BCUT2D eigenvalue weighted by Gasteiger charge is -2.14. The van der Waals surface area contributed by atoms with Crippen molar-refractivity contribution < 1.29 is 0 Å². The predicted molar refractivity (Wildman–Crippen MR) is 246 cm³/mol. The molecule has 0 bridgehead atoms. The van der Waals surface area contributed by atoms with Gasteiger partial charge in [0.1, 0.15) is 0 Å². The molecule has 58 heavy (non-hydrogen) atoms. The van der Waals surface area contributed by atoms with Gasteiger partial charge in [0.25, 0.3) is 0 Å². The van der Waals surface area contributed by atoms with Gasteiger partial charge in [-0.1, -0.05) is 140 Å². The number of fused-ring (bicyclic) bond motifs is 11. The first-order valence-electron chi connectivity index (χ1n) is 19.7. The molecular formula is C54H33N3S. The van der Waals surface area contributed by atoms with Crippen molar-refractivity contribution in [1.29, 1.82) is 0 Å². The smallest absolute Gasteiger partial charge is 0.160 e. The summed E-state index contributed by atoms with van der Waals surface area (Å²) in [6, 6.07) is 71.8. The Labute approximate surface area is 338 Å². The van der Waals surface area contributed by atoms with Gasteiger partial charge in [0.05, 0.1) is 22.2 Å². The Hall–Kier alpha value is -7.40. The molecule has 4 heteroatoms. The molecule has 0 aliphatic carbocycles. The van der Waals surface area contributed by atoms with Crippen LogP contribution in [0.3, 0.4) is 0 Å². The van der Waals surface area contributed by atoms with Crippen molar-refractivity contribution in [2.75, 3.05) is 0 Å². The van der Waals surface area contributed by atoms with Gasteiger partial charge in [0.15, 0.2) is 5.82 Å². The molecule has 0 amide bonds. The van der Waals surface area contributed by atoms with Gasteiger partial charge in [-0.25, -0.2) is 9.97 Å². The third kappa shape index (κ3) is 5.12. The molecule has 0 atom stereocenters. The fourth-order valence-electron chi connectivity index (χ4n) is 8.93. The number of benzene rings is 9. The van der Waals surface area contributed by atoms with Gasteiger partial charge in [-0.05, 0) is 82.9 Å². The molecule has 12 rings (SSSR count). The zero-order chi connectivity index (χ0) is 38.2. The normalized spacial score (nSPS) is 11.8. The number of hydrogen-bond acceptors (Lipinski definition) is 3. The molecule has 0 fully saturated rings. The third-order valence-corrected chi connectivity index (χ3v) is 12.8. The van der Waals surface area contributed by atoms with Crippen LogP contribution in [0.15, 0.2) is 200 Å². The molecule has 0 saturated heterocycles. The van der Waals surface area contributed by atoms with Crippen LogP contribution in [0.4, 0.5) is 0 Å². The highest BCUT2D eigenvalue weighted by Gasteiger charge is 2.22. The average molecular weight is 756 g/mol. The van der Waals surface area contributed by atoms with Gasteiger partial charge < -0.3 is 4.57 Å². The van der Waals surface area contributed by atoms with E-state index in [1.165, 1.54) is 63.9 Å². The Bertz CT molecular complexity index is 3490. The number of aromatic nitrogens is 3. The molecule has 9 aromatic carbocycles. The van der Waals surface area contributed by atoms with E-state index in [4.69, 9.17) is 9.97 Å². The Kier molecular flexibility index (Phi) is 7.40. The molecule has 0 radical (unpaired) electrons. The first kappa shape index (κ1) is 32.8. The molecule has 12 aromatic rings. The highest BCUT2D eigenvalue weighted by molar-refractivity contribution is 7.27. The predicted octanol–water partition coefficient (Wildman–Crippen LogP) is 14.9. The molecule has 0 spiro atoms. The second-order valence-corrected chi connectivity index (χ2v) is 16.0. The van der Waals surface area contributed by atoms with Crippen molar-refractivity contribution >= 4 is 75.0 Å². The summed E-state index contributed by atoms with van der Waals surface area (Å²) in [5.74, 6) is 0.700. The van der Waals surface area contributed by atoms with E-state index in [-0.39, 0.29) is 0 Å². The Balaban J connectivity index is 1.06. The van der Waals surface area contributed by atoms with Crippen molar-refractivity contribution in [2.45, 2.75) is 0 Å². The lowest BCUT2D eigenvalue weighted by Crippen LogP contribution is -1.97. The van der Waals surface area contributed by atoms with Gasteiger partial charge >= 0.3 is 0 Å². The number of thiophene rings is 1. The van der Waals surface area contributed by atoms with Crippen LogP contribution < -0.4 is 0 Å². The average Bonchev–Trinajstić information content (AvgIpc) is 3.86. The zero-order valence-corrected chi connectivity index (χ0v) is 32.1. The van der Waals surface area contributed by atoms with E-state index in [1.807, 2.05) is 11.3 Å². The van der Waals surface area contributed by atoms with Crippen LogP contribution in [-0.2, 0) is 0 Å². The summed E-state index contributed by atoms with van der Waals surface area (Å²) < 4.78 is 5.11. The van der Waals surface area contributed by atoms with Crippen molar-refractivity contribution in [2.24, 2.45) is 0 Å². The number of hydrogen-bond donors (Lipinski definition) is 0. The maximum atomic E-state index is 5.38. The van der Waals surface area contributed by atoms with E-state index in [2.05, 4.69) is 205 Å². The Morgan fingerprint density at radius 1 is 0.379 bits per heavy atom. The van der Waals surface area contributed by atoms with Crippen molar-refractivity contribution in [3.05, 3.63) is 200 Å². The largest absolute Gasteiger partial charge is 0.309 e. The molecule has 3 heterocycles. The quantitative estimate of drug-likeness (QED) is 0.175. The Morgan fingerprint density at radius 2 is 0.948 bits per heavy atom. The summed E-state index contributed by atoms with van der Waals surface area (Å²) in [5.41, 5.74) is 12.0. The van der Waals surface area contributed by atoms with Crippen LogP contribution >= 0.6 is 11.3 Å². The van der Waals surface area contributed by atoms with Crippen LogP contribution in [-0.4, -0.2) is 14.5 Å². The molecule has 0 aliphatic rings. The van der Waals surface area contributed by atoms with Gasteiger partial charge in [0, 0.05) is 63.9 Å². The van der Waals surface area contributed by atoms with Crippen LogP contribution in [0.2, 0.25) is 0 Å². The van der Waals surface area contributed by atoms with Gasteiger partial charge in [-0.15, -0.1) is 11.3 Å². The molecule has 0 aliphatic heterocycles. The van der Waals surface area contributed by atoms with Crippen LogP contribution in [0.5, 0.6) is 0 Å². The van der Waals surface area contributed by atoms with E-state index in [1.54, 1.807) is 0 Å². The number of para-hydroxylation sites is 2. The molecule has 0 unspecified atom stereocenters. The van der Waals surface area contributed by atoms with Crippen molar-refractivity contribution in [3.63, 3.8) is 0 Å². The van der Waals surface area contributed by atoms with E-state index in [9.17, 15) is 0 Å². The van der Waals surface area contributed by atoms with Crippen molar-refractivity contribution in [3.8, 4) is 50.6 Å². The molecule has 3 aromatic heterocycles. The van der Waals surface area contributed by atoms with Gasteiger partial charge in [-0.3, -0.25) is 0 Å². The molecule has 0 N–H and O–H groups in total. The summed E-state index contributed by atoms with van der Waals surface area (Å²) in [4.78, 5) is 10.6. The van der Waals surface area contributed by atoms with Crippen LogP contribution in [0, 0.1) is 0 Å². The minimum Gasteiger partial charge on any atom is -0.309 e. The summed E-state index contributed by atoms with van der Waals surface area (Å²) >= 11 is 1.90. The van der Waals surface area contributed by atoms with E-state index in [0.29, 0.717) is 5.82 Å². The standard InChI is InChI=1S/C54H33N3S/c1-3-15-34(16-4-1)37-31-38(35-17-5-2-6-18-35)33-39(32-37)51-43-21-9-12-24-46(43)55-54(56-51)36-27-29-40(30-28-36)57-47-25-13-10-22-44(47)49-50-45-23-11-14-26-48(45)58-53(50)42-20-8-7-19-41(42)52(49)57/h1-33H. The summed E-state index contributed by atoms with van der Waals surface area (Å²) in [5, 5.41) is 8.78. The summed E-state index contributed by atoms with van der Waals surface area (Å²) in [7, 11) is 0. The number of rotatable bonds is 5. The molecule has 270 valence electrons. The molecular weight excluding hydrogens is 723 g/mol. The Morgan fingerprint density at radius 3 is 1.67 bits per heavy atom. The highest BCUT2D eigenvalue weighted by Crippen LogP contribution is 2.48. The topological polar surface area (TPSA) is 30.7 Å². The maximum Gasteiger partial charge on any atom is 0.160 e. The van der Waals surface area contributed by atoms with Gasteiger partial charge in [-0.2, -0.15) is 0 Å². The first-order valence-corrected chi connectivity index (χ1v) is 20.5. The molecule has 0 saturated carbocycles. The highest BCUT2D eigenvalue weighted by atomic mass is 32.1. The first-order chi connectivity index (χ1) is 28.8. The third-order valence-electron chi connectivity index (χ3n) is 11.6. The monoisotopic (exact) mass is 755 g/mol. The summed E-state index contributed by atoms with van der Waals surface area (Å²) in [6.07, 6.45) is 0. The van der Waals surface area contributed by atoms with E-state index in [0.717, 1.165) is 44.5 Å². The number of nitrogens with zero attached hydrogens (tertiary/aromatic N) is 3.